The Morgan fingerprint density at radius 3 is 2.48 bits per heavy atom. The molecular weight excluding hydrogens is 384 g/mol. The summed E-state index contributed by atoms with van der Waals surface area (Å²) >= 11 is 3.48. The van der Waals surface area contributed by atoms with E-state index in [0.29, 0.717) is 24.6 Å². The number of carbonyl (C=O) groups is 1. The van der Waals surface area contributed by atoms with Crippen LogP contribution >= 0.6 is 15.9 Å². The summed E-state index contributed by atoms with van der Waals surface area (Å²) in [7, 11) is 5.22. The molecule has 0 saturated heterocycles. The summed E-state index contributed by atoms with van der Waals surface area (Å²) in [6, 6.07) is 11.7. The van der Waals surface area contributed by atoms with Gasteiger partial charge in [0.1, 0.15) is 6.54 Å². The number of ether oxygens (including phenoxy) is 2. The normalized spacial score (nSPS) is 11.7. The van der Waals surface area contributed by atoms with Crippen molar-refractivity contribution in [2.45, 2.75) is 13.5 Å². The second-order valence-electron chi connectivity index (χ2n) is 6.03. The van der Waals surface area contributed by atoms with Crippen LogP contribution in [0.5, 0.6) is 11.5 Å². The van der Waals surface area contributed by atoms with Crippen LogP contribution in [-0.4, -0.2) is 33.7 Å². The molecule has 0 aromatic heterocycles. The van der Waals surface area contributed by atoms with Crippen molar-refractivity contribution in [3.63, 3.8) is 0 Å². The number of amides is 1. The molecule has 6 heteroatoms. The van der Waals surface area contributed by atoms with E-state index in [-0.39, 0.29) is 5.91 Å². The second kappa shape index (κ2) is 8.87. The van der Waals surface area contributed by atoms with E-state index in [4.69, 9.17) is 9.47 Å². The van der Waals surface area contributed by atoms with Gasteiger partial charge in [-0.3, -0.25) is 4.79 Å². The van der Waals surface area contributed by atoms with Crippen LogP contribution in [0.1, 0.15) is 11.1 Å². The van der Waals surface area contributed by atoms with Gasteiger partial charge in [-0.2, -0.15) is 0 Å². The van der Waals surface area contributed by atoms with Gasteiger partial charge >= 0.3 is 0 Å². The minimum absolute atomic E-state index is 0.0254. The Morgan fingerprint density at radius 2 is 1.84 bits per heavy atom. The van der Waals surface area contributed by atoms with E-state index in [0.717, 1.165) is 26.2 Å². The Morgan fingerprint density at radius 1 is 1.12 bits per heavy atom. The fourth-order valence-electron chi connectivity index (χ4n) is 2.59. The summed E-state index contributed by atoms with van der Waals surface area (Å²) < 4.78 is 11.5. The van der Waals surface area contributed by atoms with Crippen molar-refractivity contribution in [1.82, 2.24) is 0 Å². The maximum atomic E-state index is 12.3. The highest BCUT2D eigenvalue weighted by Gasteiger charge is 2.13. The third-order valence-electron chi connectivity index (χ3n) is 3.81. The number of anilines is 1. The molecule has 0 aliphatic rings. The first-order valence-corrected chi connectivity index (χ1v) is 8.80. The lowest BCUT2D eigenvalue weighted by Crippen LogP contribution is -3.08. The van der Waals surface area contributed by atoms with E-state index < -0.39 is 0 Å². The van der Waals surface area contributed by atoms with E-state index in [2.05, 4.69) is 21.2 Å². The monoisotopic (exact) mass is 407 g/mol. The second-order valence-corrected chi connectivity index (χ2v) is 6.89. The van der Waals surface area contributed by atoms with Crippen molar-refractivity contribution in [3.8, 4) is 11.5 Å². The van der Waals surface area contributed by atoms with Crippen molar-refractivity contribution in [1.29, 1.82) is 0 Å². The predicted molar refractivity (Wildman–Crippen MR) is 103 cm³/mol. The number of halogens is 1. The highest BCUT2D eigenvalue weighted by Crippen LogP contribution is 2.27. The van der Waals surface area contributed by atoms with Gasteiger partial charge in [-0.25, -0.2) is 0 Å². The quantitative estimate of drug-likeness (QED) is 0.740. The molecule has 1 unspecified atom stereocenters. The number of quaternary nitrogens is 1. The predicted octanol–water partition coefficient (Wildman–Crippen LogP) is 2.43. The molecule has 0 spiro atoms. The van der Waals surface area contributed by atoms with Gasteiger partial charge in [-0.15, -0.1) is 0 Å². The highest BCUT2D eigenvalue weighted by molar-refractivity contribution is 9.10. The van der Waals surface area contributed by atoms with Gasteiger partial charge in [0.25, 0.3) is 5.91 Å². The maximum absolute atomic E-state index is 12.3. The zero-order chi connectivity index (χ0) is 18.4. The van der Waals surface area contributed by atoms with Crippen LogP contribution in [0.4, 0.5) is 5.69 Å². The van der Waals surface area contributed by atoms with E-state index in [1.54, 1.807) is 14.2 Å². The first kappa shape index (κ1) is 19.3. The first-order chi connectivity index (χ1) is 11.9. The van der Waals surface area contributed by atoms with Crippen molar-refractivity contribution in [2.24, 2.45) is 0 Å². The Hall–Kier alpha value is -2.05. The van der Waals surface area contributed by atoms with Gasteiger partial charge in [0.05, 0.1) is 27.0 Å². The van der Waals surface area contributed by atoms with Crippen molar-refractivity contribution in [3.05, 3.63) is 52.0 Å². The summed E-state index contributed by atoms with van der Waals surface area (Å²) in [6.45, 7) is 3.09. The third kappa shape index (κ3) is 5.47. The van der Waals surface area contributed by atoms with Gasteiger partial charge in [0.2, 0.25) is 0 Å². The lowest BCUT2D eigenvalue weighted by Gasteiger charge is -2.16. The van der Waals surface area contributed by atoms with Crippen molar-refractivity contribution in [2.75, 3.05) is 33.1 Å². The molecule has 5 nitrogen and oxygen atoms in total. The molecule has 25 heavy (non-hydrogen) atoms. The Kier molecular flexibility index (Phi) is 6.84. The Bertz CT molecular complexity index is 749. The molecule has 2 N–H and O–H groups in total. The van der Waals surface area contributed by atoms with Crippen molar-refractivity contribution < 1.29 is 19.2 Å². The molecule has 2 rings (SSSR count). The number of hydrogen-bond acceptors (Lipinski definition) is 3. The maximum Gasteiger partial charge on any atom is 0.279 e. The molecular formula is C19H24BrN2O3+. The number of hydrogen-bond donors (Lipinski definition) is 2. The number of nitrogens with one attached hydrogen (secondary N) is 2. The van der Waals surface area contributed by atoms with E-state index in [1.807, 2.05) is 50.4 Å². The van der Waals surface area contributed by atoms with E-state index in [1.165, 1.54) is 0 Å². The van der Waals surface area contributed by atoms with E-state index >= 15 is 0 Å². The minimum Gasteiger partial charge on any atom is -0.493 e. The van der Waals surface area contributed by atoms with Crippen LogP contribution in [0.2, 0.25) is 0 Å². The van der Waals surface area contributed by atoms with Gasteiger partial charge < -0.3 is 19.7 Å². The number of methoxy groups -OCH3 is 2. The summed E-state index contributed by atoms with van der Waals surface area (Å²) in [5.41, 5.74) is 3.01. The molecule has 0 aliphatic carbocycles. The number of aryl methyl sites for hydroxylation is 1. The molecule has 1 amide bonds. The number of carbonyl (C=O) groups excluding carboxylic acids is 1. The Labute approximate surface area is 157 Å². The Balaban J connectivity index is 1.95. The molecule has 2 aromatic rings. The standard InChI is InChI=1S/C19H23BrN2O3/c1-13-5-7-16(15(20)9-13)21-19(23)12-22(2)11-14-6-8-17(24-3)18(10-14)25-4/h5-10H,11-12H2,1-4H3,(H,21,23)/p+1. The zero-order valence-electron chi connectivity index (χ0n) is 15.0. The lowest BCUT2D eigenvalue weighted by molar-refractivity contribution is -0.885. The van der Waals surface area contributed by atoms with Gasteiger partial charge in [-0.1, -0.05) is 6.07 Å². The fraction of sp³-hybridized carbons (Fsp3) is 0.316. The van der Waals surface area contributed by atoms with Crippen LogP contribution in [0.25, 0.3) is 0 Å². The molecule has 0 heterocycles. The third-order valence-corrected chi connectivity index (χ3v) is 4.47. The first-order valence-electron chi connectivity index (χ1n) is 8.01. The molecule has 0 radical (unpaired) electrons. The largest absolute Gasteiger partial charge is 0.493 e. The van der Waals surface area contributed by atoms with Gasteiger partial charge in [0, 0.05) is 10.0 Å². The highest BCUT2D eigenvalue weighted by atomic mass is 79.9. The number of benzene rings is 2. The smallest absolute Gasteiger partial charge is 0.279 e. The zero-order valence-corrected chi connectivity index (χ0v) is 16.6. The van der Waals surface area contributed by atoms with Gasteiger partial charge in [0.15, 0.2) is 18.0 Å². The average molecular weight is 408 g/mol. The van der Waals surface area contributed by atoms with Crippen LogP contribution in [-0.2, 0) is 11.3 Å². The van der Waals surface area contributed by atoms with Crippen molar-refractivity contribution >= 4 is 27.5 Å². The fourth-order valence-corrected chi connectivity index (χ4v) is 3.18. The summed E-state index contributed by atoms with van der Waals surface area (Å²) in [6.07, 6.45) is 0. The molecule has 134 valence electrons. The SMILES string of the molecule is COc1ccc(C[NH+](C)CC(=O)Nc2ccc(C)cc2Br)cc1OC. The topological polar surface area (TPSA) is 52.0 Å². The van der Waals surface area contributed by atoms with E-state index in [9.17, 15) is 4.79 Å². The molecule has 0 aliphatic heterocycles. The molecule has 2 aromatic carbocycles. The average Bonchev–Trinajstić information content (AvgIpc) is 2.57. The molecule has 0 fully saturated rings. The van der Waals surface area contributed by atoms with Crippen LogP contribution in [0, 0.1) is 6.92 Å². The number of rotatable bonds is 7. The number of likely N-dealkylation sites (N-methyl/N-ethyl adjacent to an activating group) is 1. The summed E-state index contributed by atoms with van der Waals surface area (Å²) in [5, 5.41) is 2.94. The van der Waals surface area contributed by atoms with Crippen LogP contribution in [0.15, 0.2) is 40.9 Å². The lowest BCUT2D eigenvalue weighted by atomic mass is 10.2. The molecule has 0 saturated carbocycles. The summed E-state index contributed by atoms with van der Waals surface area (Å²) in [4.78, 5) is 13.4. The molecule has 0 bridgehead atoms. The summed E-state index contributed by atoms with van der Waals surface area (Å²) in [5.74, 6) is 1.37. The molecule has 1 atom stereocenters. The minimum atomic E-state index is -0.0254. The van der Waals surface area contributed by atoms with Gasteiger partial charge in [-0.05, 0) is 58.7 Å². The van der Waals surface area contributed by atoms with Crippen LogP contribution in [0.3, 0.4) is 0 Å². The van der Waals surface area contributed by atoms with Crippen LogP contribution < -0.4 is 19.7 Å².